The Morgan fingerprint density at radius 1 is 1.48 bits per heavy atom. The van der Waals surface area contributed by atoms with Crippen molar-refractivity contribution in [1.29, 1.82) is 0 Å². The molecule has 0 bridgehead atoms. The summed E-state index contributed by atoms with van der Waals surface area (Å²) in [5.41, 5.74) is 5.65. The van der Waals surface area contributed by atoms with Crippen LogP contribution < -0.4 is 11.1 Å². The minimum atomic E-state index is -0.573. The van der Waals surface area contributed by atoms with Gasteiger partial charge in [-0.25, -0.2) is 0 Å². The maximum Gasteiger partial charge on any atom is 0.292 e. The molecule has 2 rings (SSSR count). The Kier molecular flexibility index (Phi) is 5.06. The Morgan fingerprint density at radius 3 is 2.90 bits per heavy atom. The number of carbonyl (C=O) groups excluding carboxylic acids is 1. The van der Waals surface area contributed by atoms with Crippen molar-refractivity contribution in [2.45, 2.75) is 37.0 Å². The summed E-state index contributed by atoms with van der Waals surface area (Å²) in [5.74, 6) is -0.273. The van der Waals surface area contributed by atoms with E-state index in [0.717, 1.165) is 19.3 Å². The van der Waals surface area contributed by atoms with E-state index in [2.05, 4.69) is 11.6 Å². The van der Waals surface area contributed by atoms with Crippen LogP contribution in [0.1, 0.15) is 36.0 Å². The molecule has 1 saturated carbocycles. The van der Waals surface area contributed by atoms with E-state index < -0.39 is 4.92 Å². The van der Waals surface area contributed by atoms with Crippen molar-refractivity contribution in [3.63, 3.8) is 0 Å². The van der Waals surface area contributed by atoms with Gasteiger partial charge in [0.05, 0.1) is 4.92 Å². The zero-order valence-electron chi connectivity index (χ0n) is 11.9. The minimum absolute atomic E-state index is 0.0664. The predicted molar refractivity (Wildman–Crippen MR) is 84.5 cm³/mol. The molecule has 0 aliphatic heterocycles. The van der Waals surface area contributed by atoms with E-state index in [1.54, 1.807) is 0 Å². The van der Waals surface area contributed by atoms with Gasteiger partial charge in [-0.3, -0.25) is 14.9 Å². The molecule has 0 radical (unpaired) electrons. The first-order chi connectivity index (χ1) is 10.0. The van der Waals surface area contributed by atoms with Crippen LogP contribution in [0.3, 0.4) is 0 Å². The average Bonchev–Trinajstić information content (AvgIpc) is 2.47. The van der Waals surface area contributed by atoms with Crippen LogP contribution in [0.25, 0.3) is 0 Å². The second-order valence-corrected chi connectivity index (χ2v) is 6.36. The van der Waals surface area contributed by atoms with Crippen LogP contribution in [-0.2, 0) is 0 Å². The number of hydrogen-bond acceptors (Lipinski definition) is 5. The molecular weight excluding hydrogens is 290 g/mol. The maximum absolute atomic E-state index is 12.2. The van der Waals surface area contributed by atoms with Crippen LogP contribution in [0.4, 0.5) is 11.4 Å². The number of hydrogen-bond donors (Lipinski definition) is 2. The van der Waals surface area contributed by atoms with Gasteiger partial charge in [-0.05, 0) is 37.7 Å². The Labute approximate surface area is 127 Å². The van der Waals surface area contributed by atoms with E-state index >= 15 is 0 Å². The number of nitrogens with two attached hydrogens (primary N) is 1. The molecule has 114 valence electrons. The van der Waals surface area contributed by atoms with E-state index in [1.807, 2.05) is 11.8 Å². The van der Waals surface area contributed by atoms with E-state index in [9.17, 15) is 14.9 Å². The lowest BCUT2D eigenvalue weighted by Crippen LogP contribution is -2.39. The molecule has 0 spiro atoms. The number of nitrogen functional groups attached to an aromatic ring is 1. The smallest absolute Gasteiger partial charge is 0.292 e. The summed E-state index contributed by atoms with van der Waals surface area (Å²) in [6, 6.07) is 4.30. The molecule has 7 heteroatoms. The van der Waals surface area contributed by atoms with Crippen molar-refractivity contribution in [3.8, 4) is 0 Å². The zero-order chi connectivity index (χ0) is 15.4. The van der Waals surface area contributed by atoms with Crippen LogP contribution in [0.5, 0.6) is 0 Å². The molecule has 2 atom stereocenters. The molecule has 21 heavy (non-hydrogen) atoms. The number of rotatable bonds is 4. The van der Waals surface area contributed by atoms with Gasteiger partial charge < -0.3 is 11.1 Å². The largest absolute Gasteiger partial charge is 0.393 e. The summed E-state index contributed by atoms with van der Waals surface area (Å²) in [4.78, 5) is 22.5. The number of nitrogens with zero attached hydrogens (tertiary/aromatic N) is 1. The maximum atomic E-state index is 12.2. The molecule has 0 saturated heterocycles. The third-order valence-electron chi connectivity index (χ3n) is 3.78. The van der Waals surface area contributed by atoms with Gasteiger partial charge in [0, 0.05) is 22.9 Å². The Bertz CT molecular complexity index is 550. The van der Waals surface area contributed by atoms with Crippen LogP contribution in [-0.4, -0.2) is 28.4 Å². The molecule has 6 nitrogen and oxygen atoms in total. The fourth-order valence-electron chi connectivity index (χ4n) is 2.60. The van der Waals surface area contributed by atoms with Crippen LogP contribution in [0, 0.1) is 10.1 Å². The standard InChI is InChI=1S/C14H19N3O3S/c1-21-11-4-2-3-10(8-11)16-14(18)9-5-6-12(15)13(7-9)17(19)20/h5-7,10-11H,2-4,8,15H2,1H3,(H,16,18). The van der Waals surface area contributed by atoms with Gasteiger partial charge in [0.25, 0.3) is 11.6 Å². The van der Waals surface area contributed by atoms with E-state index in [1.165, 1.54) is 24.6 Å². The second-order valence-electron chi connectivity index (χ2n) is 5.23. The van der Waals surface area contributed by atoms with Crippen molar-refractivity contribution >= 4 is 29.0 Å². The first kappa shape index (κ1) is 15.6. The number of nitro benzene ring substituents is 1. The molecule has 1 aliphatic carbocycles. The zero-order valence-corrected chi connectivity index (χ0v) is 12.7. The lowest BCUT2D eigenvalue weighted by atomic mass is 9.94. The van der Waals surface area contributed by atoms with E-state index in [-0.39, 0.29) is 28.9 Å². The predicted octanol–water partition coefficient (Wildman–Crippen LogP) is 2.58. The van der Waals surface area contributed by atoms with E-state index in [0.29, 0.717) is 5.25 Å². The highest BCUT2D eigenvalue weighted by Gasteiger charge is 2.24. The fraction of sp³-hybridized carbons (Fsp3) is 0.500. The normalized spacial score (nSPS) is 21.8. The molecular formula is C14H19N3O3S. The van der Waals surface area contributed by atoms with Gasteiger partial charge in [-0.1, -0.05) is 6.42 Å². The number of carbonyl (C=O) groups is 1. The van der Waals surface area contributed by atoms with Crippen molar-refractivity contribution in [2.24, 2.45) is 0 Å². The SMILES string of the molecule is CSC1CCCC(NC(=O)c2ccc(N)c([N+](=O)[O-])c2)C1. The molecule has 1 aromatic rings. The molecule has 1 aromatic carbocycles. The quantitative estimate of drug-likeness (QED) is 0.506. The minimum Gasteiger partial charge on any atom is -0.393 e. The summed E-state index contributed by atoms with van der Waals surface area (Å²) in [7, 11) is 0. The van der Waals surface area contributed by atoms with Crippen molar-refractivity contribution < 1.29 is 9.72 Å². The molecule has 1 amide bonds. The van der Waals surface area contributed by atoms with Gasteiger partial charge in [0.15, 0.2) is 0 Å². The summed E-state index contributed by atoms with van der Waals surface area (Å²) in [5, 5.41) is 14.4. The van der Waals surface area contributed by atoms with Crippen LogP contribution in [0.15, 0.2) is 18.2 Å². The van der Waals surface area contributed by atoms with Crippen LogP contribution in [0.2, 0.25) is 0 Å². The molecule has 2 unspecified atom stereocenters. The highest BCUT2D eigenvalue weighted by atomic mass is 32.2. The first-order valence-corrected chi connectivity index (χ1v) is 8.17. The Balaban J connectivity index is 2.06. The number of nitrogens with one attached hydrogen (secondary N) is 1. The Morgan fingerprint density at radius 2 is 2.24 bits per heavy atom. The topological polar surface area (TPSA) is 98.3 Å². The highest BCUT2D eigenvalue weighted by Crippen LogP contribution is 2.27. The number of benzene rings is 1. The Hall–Kier alpha value is -1.76. The van der Waals surface area contributed by atoms with Gasteiger partial charge in [-0.15, -0.1) is 0 Å². The molecule has 1 aliphatic rings. The van der Waals surface area contributed by atoms with Gasteiger partial charge in [-0.2, -0.15) is 11.8 Å². The van der Waals surface area contributed by atoms with Gasteiger partial charge in [0.1, 0.15) is 5.69 Å². The van der Waals surface area contributed by atoms with Gasteiger partial charge >= 0.3 is 0 Å². The average molecular weight is 309 g/mol. The number of nitro groups is 1. The molecule has 0 heterocycles. The lowest BCUT2D eigenvalue weighted by Gasteiger charge is -2.28. The number of amides is 1. The van der Waals surface area contributed by atoms with Crippen molar-refractivity contribution in [1.82, 2.24) is 5.32 Å². The van der Waals surface area contributed by atoms with E-state index in [4.69, 9.17) is 5.73 Å². The van der Waals surface area contributed by atoms with Gasteiger partial charge in [0.2, 0.25) is 0 Å². The summed E-state index contributed by atoms with van der Waals surface area (Å²) < 4.78 is 0. The fourth-order valence-corrected chi connectivity index (χ4v) is 3.43. The third kappa shape index (κ3) is 3.87. The molecule has 0 aromatic heterocycles. The summed E-state index contributed by atoms with van der Waals surface area (Å²) in [6.45, 7) is 0. The molecule has 3 N–H and O–H groups in total. The number of thioether (sulfide) groups is 1. The van der Waals surface area contributed by atoms with Crippen LogP contribution >= 0.6 is 11.8 Å². The lowest BCUT2D eigenvalue weighted by molar-refractivity contribution is -0.383. The monoisotopic (exact) mass is 309 g/mol. The van der Waals surface area contributed by atoms with Crippen molar-refractivity contribution in [3.05, 3.63) is 33.9 Å². The molecule has 1 fully saturated rings. The first-order valence-electron chi connectivity index (χ1n) is 6.89. The summed E-state index contributed by atoms with van der Waals surface area (Å²) in [6.07, 6.45) is 6.27. The highest BCUT2D eigenvalue weighted by molar-refractivity contribution is 7.99. The second kappa shape index (κ2) is 6.80. The summed E-state index contributed by atoms with van der Waals surface area (Å²) >= 11 is 1.82. The van der Waals surface area contributed by atoms with Crippen molar-refractivity contribution in [2.75, 3.05) is 12.0 Å². The number of anilines is 1. The third-order valence-corrected chi connectivity index (χ3v) is 4.88.